The van der Waals surface area contributed by atoms with Gasteiger partial charge in [-0.2, -0.15) is 18.4 Å². The van der Waals surface area contributed by atoms with Gasteiger partial charge in [0, 0.05) is 11.8 Å². The lowest BCUT2D eigenvalue weighted by atomic mass is 9.89. The van der Waals surface area contributed by atoms with Crippen LogP contribution in [0.25, 0.3) is 0 Å². The number of allylic oxidation sites excluding steroid dienone is 1. The normalized spacial score (nSPS) is 19.7. The third-order valence-electron chi connectivity index (χ3n) is 3.88. The summed E-state index contributed by atoms with van der Waals surface area (Å²) in [6, 6.07) is 5.19. The van der Waals surface area contributed by atoms with Gasteiger partial charge in [-0.25, -0.2) is 0 Å². The first-order valence-corrected chi connectivity index (χ1v) is 7.16. The summed E-state index contributed by atoms with van der Waals surface area (Å²) in [6.45, 7) is 1.14. The summed E-state index contributed by atoms with van der Waals surface area (Å²) in [5.74, 6) is -2.54. The summed E-state index contributed by atoms with van der Waals surface area (Å²) in [5.41, 5.74) is -4.94. The van der Waals surface area contributed by atoms with Crippen molar-refractivity contribution in [1.82, 2.24) is 10.6 Å². The maximum absolute atomic E-state index is 13.7. The number of ether oxygens (including phenoxy) is 2. The summed E-state index contributed by atoms with van der Waals surface area (Å²) in [7, 11) is 2.58. The van der Waals surface area contributed by atoms with Gasteiger partial charge in [-0.3, -0.25) is 9.59 Å². The van der Waals surface area contributed by atoms with Crippen LogP contribution in [0.5, 0.6) is 11.5 Å². The van der Waals surface area contributed by atoms with Crippen LogP contribution in [0.3, 0.4) is 0 Å². The highest BCUT2D eigenvalue weighted by atomic mass is 19.4. The lowest BCUT2D eigenvalue weighted by Gasteiger charge is -2.30. The highest BCUT2D eigenvalue weighted by Gasteiger charge is 2.67. The molecular formula is C16H14F3N3O4. The van der Waals surface area contributed by atoms with E-state index in [0.717, 1.165) is 6.92 Å². The topological polar surface area (TPSA) is 100 Å². The van der Waals surface area contributed by atoms with Crippen LogP contribution in [0.1, 0.15) is 17.3 Å². The molecule has 2 amide bonds. The van der Waals surface area contributed by atoms with Crippen LogP contribution in [-0.4, -0.2) is 37.7 Å². The van der Waals surface area contributed by atoms with E-state index in [1.54, 1.807) is 5.32 Å². The molecule has 2 rings (SSSR count). The lowest BCUT2D eigenvalue weighted by Crippen LogP contribution is -2.64. The molecule has 1 aromatic carbocycles. The maximum atomic E-state index is 13.7. The number of methoxy groups -OCH3 is 2. The van der Waals surface area contributed by atoms with E-state index in [2.05, 4.69) is 0 Å². The van der Waals surface area contributed by atoms with Crippen molar-refractivity contribution in [3.05, 3.63) is 35.0 Å². The summed E-state index contributed by atoms with van der Waals surface area (Å²) >= 11 is 0. The Bertz CT molecular complexity index is 842. The van der Waals surface area contributed by atoms with Gasteiger partial charge in [-0.05, 0) is 19.1 Å². The Morgan fingerprint density at radius 3 is 2.46 bits per heavy atom. The Morgan fingerprint density at radius 2 is 1.96 bits per heavy atom. The van der Waals surface area contributed by atoms with E-state index >= 15 is 0 Å². The minimum absolute atomic E-state index is 0.0585. The molecular weight excluding hydrogens is 355 g/mol. The number of rotatable bonds is 4. The molecule has 0 spiro atoms. The molecule has 0 radical (unpaired) electrons. The fraction of sp³-hybridized carbons (Fsp3) is 0.312. The van der Waals surface area contributed by atoms with Gasteiger partial charge >= 0.3 is 6.18 Å². The van der Waals surface area contributed by atoms with Gasteiger partial charge in [-0.15, -0.1) is 0 Å². The zero-order valence-electron chi connectivity index (χ0n) is 13.9. The minimum atomic E-state index is -5.24. The third-order valence-corrected chi connectivity index (χ3v) is 3.88. The molecule has 0 saturated carbocycles. The predicted octanol–water partition coefficient (Wildman–Crippen LogP) is 1.66. The van der Waals surface area contributed by atoms with Crippen LogP contribution < -0.4 is 20.1 Å². The molecule has 1 heterocycles. The van der Waals surface area contributed by atoms with Crippen molar-refractivity contribution >= 4 is 11.8 Å². The number of nitrogens with zero attached hydrogens (tertiary/aromatic N) is 1. The average Bonchev–Trinajstić information content (AvgIpc) is 2.83. The van der Waals surface area contributed by atoms with Crippen molar-refractivity contribution in [1.29, 1.82) is 5.26 Å². The minimum Gasteiger partial charge on any atom is -0.497 e. The van der Waals surface area contributed by atoms with Crippen LogP contribution in [0.4, 0.5) is 13.2 Å². The molecule has 0 fully saturated rings. The van der Waals surface area contributed by atoms with Crippen LogP contribution in [0.15, 0.2) is 29.5 Å². The number of halogens is 3. The molecule has 0 saturated heterocycles. The van der Waals surface area contributed by atoms with Crippen LogP contribution in [0, 0.1) is 11.3 Å². The molecule has 0 aromatic heterocycles. The Kier molecular flexibility index (Phi) is 4.84. The van der Waals surface area contributed by atoms with Crippen molar-refractivity contribution < 1.29 is 32.2 Å². The second-order valence-corrected chi connectivity index (χ2v) is 5.33. The molecule has 0 bridgehead atoms. The number of carbonyl (C=O) groups is 2. The standard InChI is InChI=1S/C16H14F3N3O4/c1-8-11(7-20)15(14(24)21-8,16(17,18)19)22-13(23)10-5-4-9(25-2)6-12(10)26-3/h4-6H,1-3H3,(H,21,24)(H,22,23)/t15-/m0/s1. The molecule has 2 N–H and O–H groups in total. The van der Waals surface area contributed by atoms with E-state index in [-0.39, 0.29) is 17.0 Å². The van der Waals surface area contributed by atoms with Gasteiger partial charge in [0.25, 0.3) is 17.4 Å². The van der Waals surface area contributed by atoms with Crippen LogP contribution in [-0.2, 0) is 4.79 Å². The number of nitrogens with one attached hydrogen (secondary N) is 2. The summed E-state index contributed by atoms with van der Waals surface area (Å²) in [4.78, 5) is 24.6. The van der Waals surface area contributed by atoms with E-state index in [4.69, 9.17) is 14.7 Å². The number of alkyl halides is 3. The number of benzene rings is 1. The molecule has 7 nitrogen and oxygen atoms in total. The first-order valence-electron chi connectivity index (χ1n) is 7.16. The van der Waals surface area contributed by atoms with E-state index < -0.39 is 29.1 Å². The van der Waals surface area contributed by atoms with Crippen LogP contribution >= 0.6 is 0 Å². The monoisotopic (exact) mass is 369 g/mol. The molecule has 1 aliphatic rings. The second-order valence-electron chi connectivity index (χ2n) is 5.33. The zero-order valence-corrected chi connectivity index (χ0v) is 13.9. The van der Waals surface area contributed by atoms with Gasteiger partial charge in [0.05, 0.1) is 31.4 Å². The number of hydrogen-bond donors (Lipinski definition) is 2. The average molecular weight is 369 g/mol. The number of nitriles is 1. The first kappa shape index (κ1) is 19.1. The van der Waals surface area contributed by atoms with Crippen molar-refractivity contribution in [2.75, 3.05) is 14.2 Å². The fourth-order valence-electron chi connectivity index (χ4n) is 2.57. The zero-order chi connectivity index (χ0) is 19.7. The summed E-state index contributed by atoms with van der Waals surface area (Å²) in [5, 5.41) is 12.7. The molecule has 10 heteroatoms. The Labute approximate surface area is 146 Å². The Hall–Kier alpha value is -3.22. The van der Waals surface area contributed by atoms with E-state index in [1.165, 1.54) is 38.5 Å². The van der Waals surface area contributed by atoms with Gasteiger partial charge in [0.2, 0.25) is 0 Å². The van der Waals surface area contributed by atoms with Crippen molar-refractivity contribution in [2.24, 2.45) is 0 Å². The van der Waals surface area contributed by atoms with Crippen molar-refractivity contribution in [3.63, 3.8) is 0 Å². The van der Waals surface area contributed by atoms with Gasteiger partial charge in [0.15, 0.2) is 0 Å². The third kappa shape index (κ3) is 2.81. The van der Waals surface area contributed by atoms with Gasteiger partial charge in [-0.1, -0.05) is 0 Å². The maximum Gasteiger partial charge on any atom is 0.425 e. The summed E-state index contributed by atoms with van der Waals surface area (Å²) < 4.78 is 51.2. The molecule has 1 aromatic rings. The van der Waals surface area contributed by atoms with E-state index in [1.807, 2.05) is 5.32 Å². The Morgan fingerprint density at radius 1 is 1.31 bits per heavy atom. The smallest absolute Gasteiger partial charge is 0.425 e. The van der Waals surface area contributed by atoms with Crippen LogP contribution in [0.2, 0.25) is 0 Å². The Balaban J connectivity index is 2.54. The number of amides is 2. The van der Waals surface area contributed by atoms with E-state index in [0.29, 0.717) is 5.75 Å². The SMILES string of the molecule is COc1ccc(C(=O)N[C@]2(C(F)(F)F)C(=O)NC(C)=C2C#N)c(OC)c1. The predicted molar refractivity (Wildman–Crippen MR) is 82.3 cm³/mol. The molecule has 26 heavy (non-hydrogen) atoms. The fourth-order valence-corrected chi connectivity index (χ4v) is 2.57. The second kappa shape index (κ2) is 6.59. The highest BCUT2D eigenvalue weighted by Crippen LogP contribution is 2.41. The first-order chi connectivity index (χ1) is 12.1. The quantitative estimate of drug-likeness (QED) is 0.841. The summed E-state index contributed by atoms with van der Waals surface area (Å²) in [6.07, 6.45) is -5.24. The van der Waals surface area contributed by atoms with Gasteiger partial charge < -0.3 is 20.1 Å². The molecule has 138 valence electrons. The lowest BCUT2D eigenvalue weighted by molar-refractivity contribution is -0.184. The molecule has 1 aliphatic heterocycles. The number of hydrogen-bond acceptors (Lipinski definition) is 5. The highest BCUT2D eigenvalue weighted by molar-refractivity contribution is 6.05. The van der Waals surface area contributed by atoms with Gasteiger partial charge in [0.1, 0.15) is 11.5 Å². The molecule has 0 aliphatic carbocycles. The largest absolute Gasteiger partial charge is 0.497 e. The molecule has 0 unspecified atom stereocenters. The number of carbonyl (C=O) groups excluding carboxylic acids is 2. The van der Waals surface area contributed by atoms with E-state index in [9.17, 15) is 22.8 Å². The van der Waals surface area contributed by atoms with Crippen molar-refractivity contribution in [3.8, 4) is 17.6 Å². The molecule has 1 atom stereocenters. The van der Waals surface area contributed by atoms with Crippen molar-refractivity contribution in [2.45, 2.75) is 18.6 Å².